The van der Waals surface area contributed by atoms with E-state index in [0.29, 0.717) is 10.7 Å². The van der Waals surface area contributed by atoms with Gasteiger partial charge in [-0.3, -0.25) is 4.79 Å². The lowest BCUT2D eigenvalue weighted by Crippen LogP contribution is -2.22. The fraction of sp³-hybridized carbons (Fsp3) is 0.133. The van der Waals surface area contributed by atoms with Crippen LogP contribution in [0.4, 0.5) is 20.2 Å². The minimum absolute atomic E-state index is 0.261. The zero-order valence-corrected chi connectivity index (χ0v) is 12.0. The van der Waals surface area contributed by atoms with Crippen LogP contribution >= 0.6 is 11.6 Å². The van der Waals surface area contributed by atoms with E-state index in [1.54, 1.807) is 18.2 Å². The van der Waals surface area contributed by atoms with Gasteiger partial charge >= 0.3 is 0 Å². The standard InChI is InChI=1S/C15H13ClF2N2O/c1-9-5-6-10(7-11(9)16)20-14(21)8-19-15-12(17)3-2-4-13(15)18/h2-7,19H,8H2,1H3,(H,20,21). The average Bonchev–Trinajstić information content (AvgIpc) is 2.42. The van der Waals surface area contributed by atoms with E-state index in [1.807, 2.05) is 6.92 Å². The number of rotatable bonds is 4. The molecule has 21 heavy (non-hydrogen) atoms. The van der Waals surface area contributed by atoms with Gasteiger partial charge in [-0.1, -0.05) is 23.7 Å². The summed E-state index contributed by atoms with van der Waals surface area (Å²) in [4.78, 5) is 11.7. The third kappa shape index (κ3) is 3.92. The van der Waals surface area contributed by atoms with Crippen molar-refractivity contribution >= 4 is 28.9 Å². The highest BCUT2D eigenvalue weighted by Gasteiger charge is 2.10. The first-order valence-corrected chi connectivity index (χ1v) is 6.59. The molecule has 0 aliphatic carbocycles. The number of carbonyl (C=O) groups is 1. The Balaban J connectivity index is 1.97. The summed E-state index contributed by atoms with van der Waals surface area (Å²) in [5.74, 6) is -1.93. The number of hydrogen-bond acceptors (Lipinski definition) is 2. The van der Waals surface area contributed by atoms with Crippen molar-refractivity contribution in [1.82, 2.24) is 0 Å². The molecule has 2 aromatic carbocycles. The molecule has 0 radical (unpaired) electrons. The lowest BCUT2D eigenvalue weighted by molar-refractivity contribution is -0.114. The van der Waals surface area contributed by atoms with Crippen molar-refractivity contribution in [3.05, 3.63) is 58.6 Å². The van der Waals surface area contributed by atoms with E-state index in [0.717, 1.165) is 17.7 Å². The predicted octanol–water partition coefficient (Wildman–Crippen LogP) is 3.98. The fourth-order valence-corrected chi connectivity index (χ4v) is 1.89. The first-order chi connectivity index (χ1) is 9.97. The Hall–Kier alpha value is -2.14. The lowest BCUT2D eigenvalue weighted by atomic mass is 10.2. The van der Waals surface area contributed by atoms with Gasteiger partial charge in [0.05, 0.1) is 6.54 Å². The number of carbonyl (C=O) groups excluding carboxylic acids is 1. The monoisotopic (exact) mass is 310 g/mol. The van der Waals surface area contributed by atoms with Gasteiger partial charge in [0.2, 0.25) is 5.91 Å². The molecule has 3 nitrogen and oxygen atoms in total. The van der Waals surface area contributed by atoms with Crippen molar-refractivity contribution in [2.24, 2.45) is 0 Å². The normalized spacial score (nSPS) is 10.3. The quantitative estimate of drug-likeness (QED) is 0.897. The van der Waals surface area contributed by atoms with Crippen molar-refractivity contribution in [3.63, 3.8) is 0 Å². The molecule has 0 saturated heterocycles. The van der Waals surface area contributed by atoms with E-state index in [4.69, 9.17) is 11.6 Å². The number of amides is 1. The molecule has 2 N–H and O–H groups in total. The van der Waals surface area contributed by atoms with Crippen molar-refractivity contribution < 1.29 is 13.6 Å². The zero-order valence-electron chi connectivity index (χ0n) is 11.2. The van der Waals surface area contributed by atoms with Crippen LogP contribution < -0.4 is 10.6 Å². The van der Waals surface area contributed by atoms with Gasteiger partial charge in [-0.05, 0) is 36.8 Å². The summed E-state index contributed by atoms with van der Waals surface area (Å²) < 4.78 is 26.7. The molecule has 0 aromatic heterocycles. The zero-order chi connectivity index (χ0) is 15.4. The maximum absolute atomic E-state index is 13.4. The third-order valence-electron chi connectivity index (χ3n) is 2.84. The van der Waals surface area contributed by atoms with E-state index in [9.17, 15) is 13.6 Å². The number of para-hydroxylation sites is 1. The average molecular weight is 311 g/mol. The second kappa shape index (κ2) is 6.54. The Kier molecular flexibility index (Phi) is 4.75. The molecule has 1 amide bonds. The van der Waals surface area contributed by atoms with E-state index in [-0.39, 0.29) is 12.2 Å². The molecule has 110 valence electrons. The third-order valence-corrected chi connectivity index (χ3v) is 3.25. The predicted molar refractivity (Wildman–Crippen MR) is 79.7 cm³/mol. The van der Waals surface area contributed by atoms with E-state index in [2.05, 4.69) is 10.6 Å². The Morgan fingerprint density at radius 3 is 2.48 bits per heavy atom. The number of anilines is 2. The Morgan fingerprint density at radius 1 is 1.19 bits per heavy atom. The van der Waals surface area contributed by atoms with Crippen molar-refractivity contribution in [2.45, 2.75) is 6.92 Å². The van der Waals surface area contributed by atoms with Gasteiger partial charge in [0.1, 0.15) is 17.3 Å². The Bertz CT molecular complexity index is 656. The minimum atomic E-state index is -0.749. The molecule has 2 aromatic rings. The van der Waals surface area contributed by atoms with Gasteiger partial charge in [0.25, 0.3) is 0 Å². The SMILES string of the molecule is Cc1ccc(NC(=O)CNc2c(F)cccc2F)cc1Cl. The smallest absolute Gasteiger partial charge is 0.243 e. The summed E-state index contributed by atoms with van der Waals surface area (Å²) in [5.41, 5.74) is 1.09. The molecular weight excluding hydrogens is 298 g/mol. The topological polar surface area (TPSA) is 41.1 Å². The van der Waals surface area contributed by atoms with Gasteiger partial charge < -0.3 is 10.6 Å². The van der Waals surface area contributed by atoms with Crippen molar-refractivity contribution in [2.75, 3.05) is 17.2 Å². The van der Waals surface area contributed by atoms with Crippen LogP contribution in [0, 0.1) is 18.6 Å². The van der Waals surface area contributed by atoms with Crippen LogP contribution in [0.1, 0.15) is 5.56 Å². The minimum Gasteiger partial charge on any atom is -0.371 e. The second-order valence-corrected chi connectivity index (χ2v) is 4.87. The summed E-state index contributed by atoms with van der Waals surface area (Å²) in [6, 6.07) is 8.56. The van der Waals surface area contributed by atoms with Crippen molar-refractivity contribution in [1.29, 1.82) is 0 Å². The van der Waals surface area contributed by atoms with Gasteiger partial charge in [-0.2, -0.15) is 0 Å². The molecule has 0 bridgehead atoms. The van der Waals surface area contributed by atoms with E-state index in [1.165, 1.54) is 6.07 Å². The highest BCUT2D eigenvalue weighted by molar-refractivity contribution is 6.31. The molecule has 0 aliphatic heterocycles. The van der Waals surface area contributed by atoms with Crippen LogP contribution in [-0.4, -0.2) is 12.5 Å². The molecule has 0 aliphatic rings. The van der Waals surface area contributed by atoms with Gasteiger partial charge in [-0.15, -0.1) is 0 Å². The van der Waals surface area contributed by atoms with Crippen LogP contribution in [0.15, 0.2) is 36.4 Å². The molecule has 0 atom stereocenters. The summed E-state index contributed by atoms with van der Waals surface area (Å²) in [7, 11) is 0. The lowest BCUT2D eigenvalue weighted by Gasteiger charge is -2.10. The molecule has 0 spiro atoms. The first-order valence-electron chi connectivity index (χ1n) is 6.21. The largest absolute Gasteiger partial charge is 0.371 e. The molecule has 0 unspecified atom stereocenters. The van der Waals surface area contributed by atoms with Crippen LogP contribution in [0.2, 0.25) is 5.02 Å². The summed E-state index contributed by atoms with van der Waals surface area (Å²) in [6.45, 7) is 1.58. The van der Waals surface area contributed by atoms with E-state index >= 15 is 0 Å². The Morgan fingerprint density at radius 2 is 1.86 bits per heavy atom. The highest BCUT2D eigenvalue weighted by atomic mass is 35.5. The fourth-order valence-electron chi connectivity index (χ4n) is 1.71. The van der Waals surface area contributed by atoms with Crippen LogP contribution in [-0.2, 0) is 4.79 Å². The van der Waals surface area contributed by atoms with Crippen LogP contribution in [0.25, 0.3) is 0 Å². The maximum atomic E-state index is 13.4. The van der Waals surface area contributed by atoms with Gasteiger partial charge in [-0.25, -0.2) is 8.78 Å². The van der Waals surface area contributed by atoms with Crippen LogP contribution in [0.3, 0.4) is 0 Å². The number of halogens is 3. The second-order valence-electron chi connectivity index (χ2n) is 4.46. The number of benzene rings is 2. The van der Waals surface area contributed by atoms with Crippen LogP contribution in [0.5, 0.6) is 0 Å². The molecule has 0 fully saturated rings. The van der Waals surface area contributed by atoms with Gasteiger partial charge in [0.15, 0.2) is 0 Å². The summed E-state index contributed by atoms with van der Waals surface area (Å²) >= 11 is 5.95. The van der Waals surface area contributed by atoms with E-state index < -0.39 is 17.5 Å². The summed E-state index contributed by atoms with van der Waals surface area (Å²) in [5, 5.41) is 5.55. The molecular formula is C15H13ClF2N2O. The molecule has 0 heterocycles. The molecule has 0 saturated carbocycles. The molecule has 6 heteroatoms. The maximum Gasteiger partial charge on any atom is 0.243 e. The number of hydrogen-bond donors (Lipinski definition) is 2. The Labute approximate surface area is 125 Å². The summed E-state index contributed by atoms with van der Waals surface area (Å²) in [6.07, 6.45) is 0. The first kappa shape index (κ1) is 15.3. The molecule has 2 rings (SSSR count). The number of aryl methyl sites for hydroxylation is 1. The highest BCUT2D eigenvalue weighted by Crippen LogP contribution is 2.20. The van der Waals surface area contributed by atoms with Crippen molar-refractivity contribution in [3.8, 4) is 0 Å². The number of nitrogens with one attached hydrogen (secondary N) is 2. The van der Waals surface area contributed by atoms with Gasteiger partial charge in [0, 0.05) is 10.7 Å².